The lowest BCUT2D eigenvalue weighted by Crippen LogP contribution is -2.70. The van der Waals surface area contributed by atoms with E-state index in [2.05, 4.69) is 22.9 Å². The van der Waals surface area contributed by atoms with Gasteiger partial charge < -0.3 is 21.1 Å². The fraction of sp³-hybridized carbons (Fsp3) is 0.588. The van der Waals surface area contributed by atoms with Crippen molar-refractivity contribution in [2.75, 3.05) is 0 Å². The standard InChI is InChI=1S/C34H51N3O5/c1-6-7-8-9-10-11-12-20-29(38)36-34(23-24(2)3,33(42)35-31(25(4)5)32(40)41)37-30(39)22-21-27-18-15-17-26-16-13-14-19-28(26)27/h13-19,24-25,31H,6-12,20-23H2,1-5H3,(H,35,42)(H,36,38)(H,37,39)(H,40,41)/t31-,34-/m0/s1. The Morgan fingerprint density at radius 3 is 2.00 bits per heavy atom. The number of fused-ring (bicyclic) bond motifs is 1. The first kappa shape index (κ1) is 34.8. The monoisotopic (exact) mass is 581 g/mol. The van der Waals surface area contributed by atoms with Gasteiger partial charge in [0.25, 0.3) is 5.91 Å². The van der Waals surface area contributed by atoms with Crippen LogP contribution in [0.2, 0.25) is 0 Å². The minimum Gasteiger partial charge on any atom is -0.480 e. The lowest BCUT2D eigenvalue weighted by molar-refractivity contribution is -0.146. The molecule has 0 fully saturated rings. The van der Waals surface area contributed by atoms with Crippen LogP contribution in [0.4, 0.5) is 0 Å². The maximum Gasteiger partial charge on any atom is 0.326 e. The van der Waals surface area contributed by atoms with Crippen molar-refractivity contribution in [3.05, 3.63) is 48.0 Å². The van der Waals surface area contributed by atoms with Crippen LogP contribution >= 0.6 is 0 Å². The summed E-state index contributed by atoms with van der Waals surface area (Å²) < 4.78 is 0. The number of hydrogen-bond donors (Lipinski definition) is 4. The van der Waals surface area contributed by atoms with Crippen LogP contribution in [0.3, 0.4) is 0 Å². The molecule has 2 atom stereocenters. The average molecular weight is 582 g/mol. The number of carboxylic acid groups (broad SMARTS) is 1. The summed E-state index contributed by atoms with van der Waals surface area (Å²) in [5.41, 5.74) is -0.763. The molecular formula is C34H51N3O5. The normalized spacial score (nSPS) is 13.5. The molecule has 8 nitrogen and oxygen atoms in total. The van der Waals surface area contributed by atoms with Crippen LogP contribution in [-0.2, 0) is 25.6 Å². The minimum atomic E-state index is -1.77. The van der Waals surface area contributed by atoms with Gasteiger partial charge in [-0.15, -0.1) is 0 Å². The smallest absolute Gasteiger partial charge is 0.326 e. The van der Waals surface area contributed by atoms with Gasteiger partial charge in [-0.1, -0.05) is 116 Å². The molecule has 3 amide bonds. The Bertz CT molecular complexity index is 1170. The van der Waals surface area contributed by atoms with Gasteiger partial charge in [0.05, 0.1) is 0 Å². The van der Waals surface area contributed by atoms with E-state index in [4.69, 9.17) is 0 Å². The predicted molar refractivity (Wildman–Crippen MR) is 168 cm³/mol. The third kappa shape index (κ3) is 11.1. The average Bonchev–Trinajstić information content (AvgIpc) is 2.93. The number of aliphatic carboxylic acids is 1. The summed E-state index contributed by atoms with van der Waals surface area (Å²) in [4.78, 5) is 52.3. The summed E-state index contributed by atoms with van der Waals surface area (Å²) in [5, 5.41) is 20.2. The molecule has 4 N–H and O–H groups in total. The number of carbonyl (C=O) groups is 4. The van der Waals surface area contributed by atoms with Crippen molar-refractivity contribution < 1.29 is 24.3 Å². The molecule has 0 aromatic heterocycles. The number of amides is 3. The van der Waals surface area contributed by atoms with Crippen LogP contribution in [0, 0.1) is 11.8 Å². The third-order valence-corrected chi connectivity index (χ3v) is 7.54. The molecular weight excluding hydrogens is 530 g/mol. The van der Waals surface area contributed by atoms with Gasteiger partial charge in [0.1, 0.15) is 6.04 Å². The van der Waals surface area contributed by atoms with Crippen molar-refractivity contribution in [1.82, 2.24) is 16.0 Å². The van der Waals surface area contributed by atoms with Gasteiger partial charge in [0.15, 0.2) is 5.66 Å². The Morgan fingerprint density at radius 1 is 0.786 bits per heavy atom. The van der Waals surface area contributed by atoms with E-state index in [0.717, 1.165) is 35.6 Å². The van der Waals surface area contributed by atoms with Gasteiger partial charge in [0.2, 0.25) is 11.8 Å². The topological polar surface area (TPSA) is 125 Å². The zero-order valence-electron chi connectivity index (χ0n) is 26.1. The number of benzene rings is 2. The molecule has 0 bridgehead atoms. The number of hydrogen-bond acceptors (Lipinski definition) is 4. The van der Waals surface area contributed by atoms with Crippen LogP contribution in [0.1, 0.15) is 104 Å². The second-order valence-corrected chi connectivity index (χ2v) is 12.1. The first-order chi connectivity index (χ1) is 20.0. The predicted octanol–water partition coefficient (Wildman–Crippen LogP) is 6.11. The fourth-order valence-electron chi connectivity index (χ4n) is 5.33. The SMILES string of the molecule is CCCCCCCCCC(=O)N[C@@](CC(C)C)(NC(=O)CCc1cccc2ccccc12)C(=O)N[C@H](C(=O)O)C(C)C. The Kier molecular flexibility index (Phi) is 14.5. The summed E-state index contributed by atoms with van der Waals surface area (Å²) in [6.45, 7) is 9.36. The second-order valence-electron chi connectivity index (χ2n) is 12.1. The van der Waals surface area contributed by atoms with Crippen LogP contribution < -0.4 is 16.0 Å². The molecule has 0 saturated carbocycles. The van der Waals surface area contributed by atoms with E-state index >= 15 is 0 Å². The summed E-state index contributed by atoms with van der Waals surface area (Å²) in [5.74, 6) is -3.11. The van der Waals surface area contributed by atoms with Crippen LogP contribution in [-0.4, -0.2) is 40.5 Å². The van der Waals surface area contributed by atoms with E-state index in [-0.39, 0.29) is 31.1 Å². The summed E-state index contributed by atoms with van der Waals surface area (Å²) in [6, 6.07) is 12.7. The highest BCUT2D eigenvalue weighted by atomic mass is 16.4. The van der Waals surface area contributed by atoms with E-state index in [1.165, 1.54) is 19.3 Å². The largest absolute Gasteiger partial charge is 0.480 e. The lowest BCUT2D eigenvalue weighted by atomic mass is 9.93. The van der Waals surface area contributed by atoms with Crippen molar-refractivity contribution >= 4 is 34.5 Å². The van der Waals surface area contributed by atoms with Gasteiger partial charge in [0, 0.05) is 19.3 Å². The quantitative estimate of drug-likeness (QED) is 0.118. The van der Waals surface area contributed by atoms with Crippen LogP contribution in [0.25, 0.3) is 10.8 Å². The lowest BCUT2D eigenvalue weighted by Gasteiger charge is -2.37. The van der Waals surface area contributed by atoms with E-state index in [1.807, 2.05) is 56.3 Å². The fourth-order valence-corrected chi connectivity index (χ4v) is 5.33. The first-order valence-electron chi connectivity index (χ1n) is 15.6. The molecule has 0 spiro atoms. The van der Waals surface area contributed by atoms with Gasteiger partial charge in [-0.3, -0.25) is 14.4 Å². The Labute approximate surface area is 251 Å². The van der Waals surface area contributed by atoms with Crippen LogP contribution in [0.15, 0.2) is 42.5 Å². The summed E-state index contributed by atoms with van der Waals surface area (Å²) in [6.07, 6.45) is 8.22. The second kappa shape index (κ2) is 17.5. The number of carbonyl (C=O) groups excluding carboxylic acids is 3. The summed E-state index contributed by atoms with van der Waals surface area (Å²) in [7, 11) is 0. The number of rotatable bonds is 19. The molecule has 2 aromatic rings. The molecule has 2 rings (SSSR count). The zero-order chi connectivity index (χ0) is 31.1. The number of nitrogens with one attached hydrogen (secondary N) is 3. The van der Waals surface area contributed by atoms with Crippen molar-refractivity contribution in [1.29, 1.82) is 0 Å². The van der Waals surface area contributed by atoms with E-state index < -0.39 is 35.4 Å². The molecule has 0 radical (unpaired) electrons. The van der Waals surface area contributed by atoms with E-state index in [9.17, 15) is 24.3 Å². The van der Waals surface area contributed by atoms with Crippen molar-refractivity contribution in [2.24, 2.45) is 11.8 Å². The number of unbranched alkanes of at least 4 members (excludes halogenated alkanes) is 6. The molecule has 0 saturated heterocycles. The first-order valence-corrected chi connectivity index (χ1v) is 15.6. The van der Waals surface area contributed by atoms with Gasteiger partial charge in [-0.05, 0) is 41.0 Å². The highest BCUT2D eigenvalue weighted by Crippen LogP contribution is 2.21. The minimum absolute atomic E-state index is 0.0877. The van der Waals surface area contributed by atoms with Gasteiger partial charge in [-0.2, -0.15) is 0 Å². The van der Waals surface area contributed by atoms with E-state index in [1.54, 1.807) is 13.8 Å². The Hall–Kier alpha value is -3.42. The zero-order valence-corrected chi connectivity index (χ0v) is 26.1. The highest BCUT2D eigenvalue weighted by Gasteiger charge is 2.43. The van der Waals surface area contributed by atoms with Crippen LogP contribution in [0.5, 0.6) is 0 Å². The van der Waals surface area contributed by atoms with Gasteiger partial charge in [-0.25, -0.2) is 4.79 Å². The molecule has 0 aliphatic rings. The third-order valence-electron chi connectivity index (χ3n) is 7.54. The van der Waals surface area contributed by atoms with Gasteiger partial charge >= 0.3 is 5.97 Å². The van der Waals surface area contributed by atoms with Crippen molar-refractivity contribution in [3.8, 4) is 0 Å². The Morgan fingerprint density at radius 2 is 1.38 bits per heavy atom. The maximum atomic E-state index is 13.8. The molecule has 0 aliphatic carbocycles. The maximum absolute atomic E-state index is 13.8. The number of aryl methyl sites for hydroxylation is 1. The molecule has 42 heavy (non-hydrogen) atoms. The Balaban J connectivity index is 2.23. The van der Waals surface area contributed by atoms with Crippen molar-refractivity contribution in [3.63, 3.8) is 0 Å². The molecule has 2 aromatic carbocycles. The molecule has 0 heterocycles. The molecule has 8 heteroatoms. The molecule has 232 valence electrons. The van der Waals surface area contributed by atoms with Crippen molar-refractivity contribution in [2.45, 2.75) is 117 Å². The highest BCUT2D eigenvalue weighted by molar-refractivity contribution is 5.97. The number of carboxylic acids is 1. The molecule has 0 aliphatic heterocycles. The summed E-state index contributed by atoms with van der Waals surface area (Å²) >= 11 is 0. The van der Waals surface area contributed by atoms with E-state index in [0.29, 0.717) is 12.8 Å². The molecule has 0 unspecified atom stereocenters.